The van der Waals surface area contributed by atoms with Gasteiger partial charge in [0.05, 0.1) is 40.7 Å². The zero-order valence-electron chi connectivity index (χ0n) is 21.2. The van der Waals surface area contributed by atoms with Gasteiger partial charge in [0.25, 0.3) is 0 Å². The van der Waals surface area contributed by atoms with E-state index < -0.39 is 28.8 Å². The van der Waals surface area contributed by atoms with Crippen LogP contribution in [0.5, 0.6) is 0 Å². The van der Waals surface area contributed by atoms with Crippen molar-refractivity contribution in [1.82, 2.24) is 14.9 Å². The summed E-state index contributed by atoms with van der Waals surface area (Å²) >= 11 is 0. The molecule has 3 aliphatic carbocycles. The molecular weight excluding hydrogens is 452 g/mol. The fourth-order valence-electron chi connectivity index (χ4n) is 8.79. The molecule has 1 aromatic heterocycles. The number of H-pyrrole nitrogens is 1. The lowest BCUT2D eigenvalue weighted by Crippen LogP contribution is -2.66. The van der Waals surface area contributed by atoms with Crippen molar-refractivity contribution in [2.45, 2.75) is 74.9 Å². The van der Waals surface area contributed by atoms with Crippen LogP contribution in [0.4, 0.5) is 0 Å². The Labute approximate surface area is 211 Å². The van der Waals surface area contributed by atoms with Gasteiger partial charge in [0.2, 0.25) is 0 Å². The minimum Gasteiger partial charge on any atom is -0.388 e. The second kappa shape index (κ2) is 7.08. The van der Waals surface area contributed by atoms with Crippen LogP contribution in [0, 0.1) is 28.1 Å². The smallest absolute Gasteiger partial charge is 0.105 e. The quantitative estimate of drug-likeness (QED) is 0.561. The summed E-state index contributed by atoms with van der Waals surface area (Å²) < 4.78 is 7.26. The van der Waals surface area contributed by atoms with E-state index in [2.05, 4.69) is 53.3 Å². The van der Waals surface area contributed by atoms with Gasteiger partial charge in [0.1, 0.15) is 11.5 Å². The maximum Gasteiger partial charge on any atom is 0.105 e. The largest absolute Gasteiger partial charge is 0.388 e. The van der Waals surface area contributed by atoms with Crippen LogP contribution in [0.2, 0.25) is 0 Å². The molecule has 1 aromatic carbocycles. The monoisotopic (exact) mass is 486 g/mol. The van der Waals surface area contributed by atoms with Crippen molar-refractivity contribution in [3.63, 3.8) is 0 Å². The fraction of sp³-hybridized carbons (Fsp3) is 0.586. The number of nitrogens with one attached hydrogen (secondary N) is 1. The Kier molecular flexibility index (Phi) is 4.46. The molecular formula is C29H34N4O3. The lowest BCUT2D eigenvalue weighted by atomic mass is 9.49. The number of imidazole rings is 1. The van der Waals surface area contributed by atoms with Crippen molar-refractivity contribution in [1.29, 1.82) is 5.26 Å². The molecule has 2 spiro atoms. The van der Waals surface area contributed by atoms with Crippen molar-refractivity contribution >= 4 is 16.6 Å². The van der Waals surface area contributed by atoms with Crippen molar-refractivity contribution in [3.8, 4) is 6.07 Å². The first-order valence-corrected chi connectivity index (χ1v) is 13.2. The predicted octanol–water partition coefficient (Wildman–Crippen LogP) is 3.56. The van der Waals surface area contributed by atoms with Gasteiger partial charge in [-0.2, -0.15) is 5.26 Å². The molecule has 0 radical (unpaired) electrons. The molecule has 2 saturated carbocycles. The number of benzene rings is 1. The lowest BCUT2D eigenvalue weighted by molar-refractivity contribution is -0.223. The van der Waals surface area contributed by atoms with Gasteiger partial charge in [-0.15, -0.1) is 0 Å². The average Bonchev–Trinajstić information content (AvgIpc) is 3.56. The second-order valence-corrected chi connectivity index (χ2v) is 12.3. The van der Waals surface area contributed by atoms with E-state index in [1.165, 1.54) is 11.1 Å². The molecule has 2 unspecified atom stereocenters. The first-order chi connectivity index (χ1) is 17.2. The zero-order chi connectivity index (χ0) is 25.1. The highest BCUT2D eigenvalue weighted by atomic mass is 16.5. The molecule has 188 valence electrons. The Morgan fingerprint density at radius 3 is 2.81 bits per heavy atom. The number of aliphatic hydroxyl groups is 2. The number of nitriles is 1. The molecule has 2 bridgehead atoms. The van der Waals surface area contributed by atoms with Gasteiger partial charge in [-0.3, -0.25) is 0 Å². The minimum absolute atomic E-state index is 0.112. The average molecular weight is 487 g/mol. The molecule has 3 N–H and O–H groups in total. The van der Waals surface area contributed by atoms with Gasteiger partial charge < -0.3 is 24.8 Å². The van der Waals surface area contributed by atoms with E-state index >= 15 is 0 Å². The minimum atomic E-state index is -1.01. The standard InChI is InChI=1S/C29H34N4O3/c1-26-8-9-27(15-30)13-19-24(34)25(35)22(33(2)3)14-28(19)10-11-29(27,36-28)23(26)7-5-18(26)17-4-6-20-21(12-17)32-16-31-20/h4-6,12-13,16,22-25,34-35H,7-11,14H2,1-3H3,(H,31,32)/t22-,23?,24+,25+,26+,27?,28+,29-/m0/s1. The van der Waals surface area contributed by atoms with Gasteiger partial charge in [-0.05, 0) is 86.9 Å². The third-order valence-corrected chi connectivity index (χ3v) is 10.7. The van der Waals surface area contributed by atoms with Crippen LogP contribution < -0.4 is 0 Å². The number of rotatable bonds is 2. The van der Waals surface area contributed by atoms with Crippen LogP contribution in [0.25, 0.3) is 16.6 Å². The summed E-state index contributed by atoms with van der Waals surface area (Å²) in [6, 6.07) is 8.94. The molecule has 2 aromatic rings. The maximum atomic E-state index is 11.2. The van der Waals surface area contributed by atoms with Crippen molar-refractivity contribution < 1.29 is 14.9 Å². The number of allylic oxidation sites excluding steroid dienone is 2. The first kappa shape index (κ1) is 22.7. The molecule has 7 nitrogen and oxygen atoms in total. The summed E-state index contributed by atoms with van der Waals surface area (Å²) in [7, 11) is 3.89. The number of aromatic amines is 1. The summed E-state index contributed by atoms with van der Waals surface area (Å²) in [5.41, 5.74) is 3.15. The molecule has 5 aliphatic rings. The molecule has 36 heavy (non-hydrogen) atoms. The Bertz CT molecular complexity index is 1370. The fourth-order valence-corrected chi connectivity index (χ4v) is 8.79. The summed E-state index contributed by atoms with van der Waals surface area (Å²) in [5, 5.41) is 32.9. The third kappa shape index (κ3) is 2.54. The highest BCUT2D eigenvalue weighted by Crippen LogP contribution is 2.72. The SMILES string of the molecule is CN(C)[C@H]1C[C@@]23CC[C@]4(O2)C2CC=C(c5ccc6nc[nH]c6c5)[C@@]2(C)CCC4(C#N)C=C3[C@@H](O)[C@@H]1O. The number of hydrogen-bond acceptors (Lipinski definition) is 6. The zero-order valence-corrected chi connectivity index (χ0v) is 21.2. The molecule has 2 aliphatic heterocycles. The Morgan fingerprint density at radius 2 is 2.03 bits per heavy atom. The van der Waals surface area contributed by atoms with E-state index in [1.54, 1.807) is 6.33 Å². The van der Waals surface area contributed by atoms with Crippen LogP contribution in [0.3, 0.4) is 0 Å². The van der Waals surface area contributed by atoms with Crippen LogP contribution in [-0.2, 0) is 4.74 Å². The first-order valence-electron chi connectivity index (χ1n) is 13.2. The van der Waals surface area contributed by atoms with Gasteiger partial charge >= 0.3 is 0 Å². The lowest BCUT2D eigenvalue weighted by Gasteiger charge is -2.61. The van der Waals surface area contributed by atoms with Gasteiger partial charge in [0.15, 0.2) is 0 Å². The number of nitrogens with zero attached hydrogens (tertiary/aromatic N) is 3. The van der Waals surface area contributed by atoms with E-state index in [9.17, 15) is 15.5 Å². The number of hydrogen-bond donors (Lipinski definition) is 3. The van der Waals surface area contributed by atoms with E-state index in [-0.39, 0.29) is 17.4 Å². The number of ether oxygens (including phenoxy) is 1. The van der Waals surface area contributed by atoms with Crippen molar-refractivity contribution in [2.24, 2.45) is 16.7 Å². The summed E-state index contributed by atoms with van der Waals surface area (Å²) in [6.45, 7) is 2.36. The Morgan fingerprint density at radius 1 is 1.19 bits per heavy atom. The van der Waals surface area contributed by atoms with Crippen molar-refractivity contribution in [3.05, 3.63) is 47.8 Å². The van der Waals surface area contributed by atoms with Crippen LogP contribution in [0.15, 0.2) is 42.3 Å². The maximum absolute atomic E-state index is 11.2. The number of likely N-dealkylation sites (N-methyl/N-ethyl adjacent to an activating group) is 1. The van der Waals surface area contributed by atoms with Gasteiger partial charge in [0, 0.05) is 12.0 Å². The topological polar surface area (TPSA) is 105 Å². The number of fused-ring (bicyclic) bond motifs is 2. The predicted molar refractivity (Wildman–Crippen MR) is 136 cm³/mol. The molecule has 3 fully saturated rings. The highest BCUT2D eigenvalue weighted by molar-refractivity contribution is 5.83. The van der Waals surface area contributed by atoms with Gasteiger partial charge in [-0.1, -0.05) is 25.1 Å². The molecule has 7 heteroatoms. The molecule has 7 rings (SSSR count). The van der Waals surface area contributed by atoms with E-state index in [1.807, 2.05) is 19.0 Å². The number of aliphatic hydroxyl groups excluding tert-OH is 2. The van der Waals surface area contributed by atoms with Crippen LogP contribution >= 0.6 is 0 Å². The summed E-state index contributed by atoms with van der Waals surface area (Å²) in [4.78, 5) is 9.61. The van der Waals surface area contributed by atoms with E-state index in [4.69, 9.17) is 4.74 Å². The molecule has 1 saturated heterocycles. The second-order valence-electron chi connectivity index (χ2n) is 12.3. The van der Waals surface area contributed by atoms with Crippen molar-refractivity contribution in [2.75, 3.05) is 14.1 Å². The van der Waals surface area contributed by atoms with Crippen LogP contribution in [0.1, 0.15) is 51.0 Å². The third-order valence-electron chi connectivity index (χ3n) is 10.7. The van der Waals surface area contributed by atoms with E-state index in [0.717, 1.165) is 42.3 Å². The summed E-state index contributed by atoms with van der Waals surface area (Å²) in [6.07, 6.45) is 8.89. The Hall–Kier alpha value is -2.50. The van der Waals surface area contributed by atoms with Crippen LogP contribution in [-0.4, -0.2) is 68.6 Å². The van der Waals surface area contributed by atoms with Gasteiger partial charge in [-0.25, -0.2) is 4.98 Å². The van der Waals surface area contributed by atoms with E-state index in [0.29, 0.717) is 12.8 Å². The molecule has 3 heterocycles. The summed E-state index contributed by atoms with van der Waals surface area (Å²) in [5.74, 6) is 0.171. The highest BCUT2D eigenvalue weighted by Gasteiger charge is 2.74. The Balaban J connectivity index is 1.33. The molecule has 0 amide bonds. The number of aromatic nitrogens is 2. The molecule has 8 atom stereocenters. The normalized spacial score (nSPS) is 45.0.